The van der Waals surface area contributed by atoms with E-state index in [0.29, 0.717) is 0 Å². The fourth-order valence-electron chi connectivity index (χ4n) is 2.78. The van der Waals surface area contributed by atoms with E-state index in [4.69, 9.17) is 0 Å². The Bertz CT molecular complexity index is 236. The van der Waals surface area contributed by atoms with Crippen LogP contribution in [0.15, 0.2) is 0 Å². The Morgan fingerprint density at radius 1 is 1.19 bits per heavy atom. The first kappa shape index (κ1) is 13.5. The van der Waals surface area contributed by atoms with Gasteiger partial charge in [-0.05, 0) is 18.8 Å². The molecule has 1 N–H and O–H groups in total. The van der Waals surface area contributed by atoms with Crippen molar-refractivity contribution in [2.24, 2.45) is 11.3 Å². The zero-order chi connectivity index (χ0) is 12.0. The molecule has 0 spiro atoms. The van der Waals surface area contributed by atoms with Gasteiger partial charge in [0.2, 0.25) is 0 Å². The van der Waals surface area contributed by atoms with Crippen LogP contribution in [0.2, 0.25) is 0 Å². The number of nitriles is 1. The lowest BCUT2D eigenvalue weighted by molar-refractivity contribution is 0.00284. The summed E-state index contributed by atoms with van der Waals surface area (Å²) in [6, 6.07) is 2.45. The SMILES string of the molecule is CCC(C)C(O)C1(C#N)CCCCCCC1. The predicted molar refractivity (Wildman–Crippen MR) is 65.8 cm³/mol. The third kappa shape index (κ3) is 2.98. The molecule has 2 nitrogen and oxygen atoms in total. The molecule has 2 heteroatoms. The smallest absolute Gasteiger partial charge is 0.0834 e. The van der Waals surface area contributed by atoms with E-state index in [-0.39, 0.29) is 5.92 Å². The number of aliphatic hydroxyl groups excluding tert-OH is 1. The molecule has 0 aromatic rings. The molecule has 0 radical (unpaired) electrons. The van der Waals surface area contributed by atoms with Gasteiger partial charge in [0, 0.05) is 0 Å². The molecule has 0 saturated heterocycles. The summed E-state index contributed by atoms with van der Waals surface area (Å²) in [4.78, 5) is 0. The van der Waals surface area contributed by atoms with Crippen LogP contribution in [0.1, 0.15) is 65.2 Å². The molecule has 2 atom stereocenters. The molecule has 0 aromatic carbocycles. The summed E-state index contributed by atoms with van der Waals surface area (Å²) in [6.45, 7) is 4.14. The Hall–Kier alpha value is -0.550. The van der Waals surface area contributed by atoms with E-state index in [1.165, 1.54) is 19.3 Å². The van der Waals surface area contributed by atoms with E-state index in [1.54, 1.807) is 0 Å². The van der Waals surface area contributed by atoms with Gasteiger partial charge in [0.15, 0.2) is 0 Å². The van der Waals surface area contributed by atoms with E-state index in [9.17, 15) is 10.4 Å². The second-order valence-electron chi connectivity index (χ2n) is 5.37. The zero-order valence-corrected chi connectivity index (χ0v) is 10.7. The minimum Gasteiger partial charge on any atom is -0.391 e. The summed E-state index contributed by atoms with van der Waals surface area (Å²) >= 11 is 0. The third-order valence-electron chi connectivity index (χ3n) is 4.22. The van der Waals surface area contributed by atoms with Crippen molar-refractivity contribution < 1.29 is 5.11 Å². The maximum Gasteiger partial charge on any atom is 0.0834 e. The van der Waals surface area contributed by atoms with Crippen LogP contribution in [0.3, 0.4) is 0 Å². The molecule has 0 amide bonds. The van der Waals surface area contributed by atoms with Crippen LogP contribution >= 0.6 is 0 Å². The highest BCUT2D eigenvalue weighted by molar-refractivity contribution is 5.05. The maximum absolute atomic E-state index is 10.4. The summed E-state index contributed by atoms with van der Waals surface area (Å²) in [5, 5.41) is 19.9. The second-order valence-corrected chi connectivity index (χ2v) is 5.37. The lowest BCUT2D eigenvalue weighted by atomic mass is 9.69. The van der Waals surface area contributed by atoms with E-state index in [2.05, 4.69) is 19.9 Å². The Kier molecular flexibility index (Phi) is 5.28. The molecule has 1 rings (SSSR count). The van der Waals surface area contributed by atoms with Crippen LogP contribution in [-0.4, -0.2) is 11.2 Å². The van der Waals surface area contributed by atoms with E-state index in [1.807, 2.05) is 0 Å². The third-order valence-corrected chi connectivity index (χ3v) is 4.22. The van der Waals surface area contributed by atoms with Crippen molar-refractivity contribution in [2.75, 3.05) is 0 Å². The Balaban J connectivity index is 2.76. The summed E-state index contributed by atoms with van der Waals surface area (Å²) < 4.78 is 0. The zero-order valence-electron chi connectivity index (χ0n) is 10.7. The highest BCUT2D eigenvalue weighted by atomic mass is 16.3. The van der Waals surface area contributed by atoms with Gasteiger partial charge in [-0.2, -0.15) is 5.26 Å². The molecule has 1 aliphatic rings. The van der Waals surface area contributed by atoms with Crippen molar-refractivity contribution in [2.45, 2.75) is 71.3 Å². The van der Waals surface area contributed by atoms with Gasteiger partial charge in [0.1, 0.15) is 0 Å². The summed E-state index contributed by atoms with van der Waals surface area (Å²) in [7, 11) is 0. The molecule has 0 bridgehead atoms. The fraction of sp³-hybridized carbons (Fsp3) is 0.929. The molecular weight excluding hydrogens is 198 g/mol. The van der Waals surface area contributed by atoms with Crippen molar-refractivity contribution in [3.05, 3.63) is 0 Å². The standard InChI is InChI=1S/C14H25NO/c1-3-12(2)13(16)14(11-15)9-7-5-4-6-8-10-14/h12-13,16H,3-10H2,1-2H3. The van der Waals surface area contributed by atoms with Crippen molar-refractivity contribution in [3.8, 4) is 6.07 Å². The highest BCUT2D eigenvalue weighted by Gasteiger charge is 2.39. The average molecular weight is 223 g/mol. The maximum atomic E-state index is 10.4. The fourth-order valence-corrected chi connectivity index (χ4v) is 2.78. The number of hydrogen-bond acceptors (Lipinski definition) is 2. The van der Waals surface area contributed by atoms with Crippen molar-refractivity contribution in [3.63, 3.8) is 0 Å². The number of nitrogens with zero attached hydrogens (tertiary/aromatic N) is 1. The molecule has 1 fully saturated rings. The van der Waals surface area contributed by atoms with Crippen molar-refractivity contribution in [1.29, 1.82) is 5.26 Å². The number of hydrogen-bond donors (Lipinski definition) is 1. The van der Waals surface area contributed by atoms with Crippen LogP contribution < -0.4 is 0 Å². The van der Waals surface area contributed by atoms with Crippen LogP contribution in [0.4, 0.5) is 0 Å². The van der Waals surface area contributed by atoms with E-state index in [0.717, 1.165) is 32.1 Å². The van der Waals surface area contributed by atoms with Gasteiger partial charge in [-0.15, -0.1) is 0 Å². The summed E-state index contributed by atoms with van der Waals surface area (Å²) in [6.07, 6.45) is 8.20. The Labute approximate surface area is 99.7 Å². The van der Waals surface area contributed by atoms with Gasteiger partial charge in [-0.1, -0.05) is 52.4 Å². The quantitative estimate of drug-likeness (QED) is 0.793. The van der Waals surface area contributed by atoms with Crippen molar-refractivity contribution >= 4 is 0 Å². The van der Waals surface area contributed by atoms with E-state index >= 15 is 0 Å². The average Bonchev–Trinajstić information content (AvgIpc) is 2.28. The molecule has 92 valence electrons. The van der Waals surface area contributed by atoms with Gasteiger partial charge in [-0.25, -0.2) is 0 Å². The predicted octanol–water partition coefficient (Wildman–Crippen LogP) is 3.65. The minimum absolute atomic E-state index is 0.235. The van der Waals surface area contributed by atoms with Gasteiger partial charge in [0.05, 0.1) is 17.6 Å². The normalized spacial score (nSPS) is 24.9. The summed E-state index contributed by atoms with van der Waals surface area (Å²) in [5.74, 6) is 0.235. The first-order valence-corrected chi connectivity index (χ1v) is 6.75. The monoisotopic (exact) mass is 223 g/mol. The van der Waals surface area contributed by atoms with Crippen LogP contribution in [-0.2, 0) is 0 Å². The largest absolute Gasteiger partial charge is 0.391 e. The van der Waals surface area contributed by atoms with Crippen molar-refractivity contribution in [1.82, 2.24) is 0 Å². The molecule has 0 heterocycles. The van der Waals surface area contributed by atoms with Gasteiger partial charge in [0.25, 0.3) is 0 Å². The molecule has 0 aromatic heterocycles. The van der Waals surface area contributed by atoms with Gasteiger partial charge < -0.3 is 5.11 Å². The highest BCUT2D eigenvalue weighted by Crippen LogP contribution is 2.39. The summed E-state index contributed by atoms with van der Waals surface area (Å²) in [5.41, 5.74) is -0.462. The van der Waals surface area contributed by atoms with Crippen LogP contribution in [0.5, 0.6) is 0 Å². The number of aliphatic hydroxyl groups is 1. The van der Waals surface area contributed by atoms with E-state index < -0.39 is 11.5 Å². The first-order chi connectivity index (χ1) is 7.66. The topological polar surface area (TPSA) is 44.0 Å². The minimum atomic E-state index is -0.462. The lowest BCUT2D eigenvalue weighted by Gasteiger charge is -2.36. The first-order valence-electron chi connectivity index (χ1n) is 6.75. The molecule has 1 saturated carbocycles. The van der Waals surface area contributed by atoms with Gasteiger partial charge >= 0.3 is 0 Å². The Morgan fingerprint density at radius 3 is 2.12 bits per heavy atom. The molecule has 16 heavy (non-hydrogen) atoms. The molecule has 0 aliphatic heterocycles. The second kappa shape index (κ2) is 6.25. The molecule has 2 unspecified atom stereocenters. The van der Waals surface area contributed by atoms with Crippen LogP contribution in [0.25, 0.3) is 0 Å². The Morgan fingerprint density at radius 2 is 1.69 bits per heavy atom. The molecule has 1 aliphatic carbocycles. The lowest BCUT2D eigenvalue weighted by Crippen LogP contribution is -2.39. The number of rotatable bonds is 3. The van der Waals surface area contributed by atoms with Crippen LogP contribution in [0, 0.1) is 22.7 Å². The van der Waals surface area contributed by atoms with Gasteiger partial charge in [-0.3, -0.25) is 0 Å². The molecular formula is C14H25NO.